The van der Waals surface area contributed by atoms with Gasteiger partial charge in [0.1, 0.15) is 12.7 Å². The van der Waals surface area contributed by atoms with E-state index < -0.39 is 4.92 Å². The lowest BCUT2D eigenvalue weighted by molar-refractivity contribution is -0.385. The zero-order chi connectivity index (χ0) is 15.5. The summed E-state index contributed by atoms with van der Waals surface area (Å²) in [6, 6.07) is 12.9. The highest BCUT2D eigenvalue weighted by molar-refractivity contribution is 6.09. The van der Waals surface area contributed by atoms with Crippen LogP contribution < -0.4 is 4.74 Å². The fourth-order valence-electron chi connectivity index (χ4n) is 2.02. The molecule has 1 aliphatic heterocycles. The summed E-state index contributed by atoms with van der Waals surface area (Å²) in [6.45, 7) is 0.834. The van der Waals surface area contributed by atoms with Crippen LogP contribution in [0.4, 0.5) is 5.69 Å². The van der Waals surface area contributed by atoms with Crippen LogP contribution >= 0.6 is 0 Å². The number of nitrogens with zero attached hydrogens (tertiary/aromatic N) is 1. The van der Waals surface area contributed by atoms with Crippen LogP contribution in [0.15, 0.2) is 48.5 Å². The summed E-state index contributed by atoms with van der Waals surface area (Å²) in [7, 11) is 0. The summed E-state index contributed by atoms with van der Waals surface area (Å²) < 4.78 is 10.4. The summed E-state index contributed by atoms with van der Waals surface area (Å²) in [5, 5.41) is 11.0. The monoisotopic (exact) mass is 299 g/mol. The molecule has 1 unspecified atom stereocenters. The molecule has 0 aliphatic carbocycles. The normalized spacial score (nSPS) is 16.1. The van der Waals surface area contributed by atoms with Crippen LogP contribution in [0.25, 0.3) is 0 Å². The number of hydrogen-bond donors (Lipinski definition) is 0. The number of carbonyl (C=O) groups excluding carboxylic acids is 1. The molecule has 0 bridgehead atoms. The second-order valence-electron chi connectivity index (χ2n) is 4.90. The molecule has 3 rings (SSSR count). The smallest absolute Gasteiger partial charge is 0.310 e. The van der Waals surface area contributed by atoms with Gasteiger partial charge in [0.25, 0.3) is 0 Å². The van der Waals surface area contributed by atoms with Crippen LogP contribution in [-0.2, 0) is 4.74 Å². The number of hydrogen-bond acceptors (Lipinski definition) is 5. The molecule has 22 heavy (non-hydrogen) atoms. The molecule has 112 valence electrons. The average Bonchev–Trinajstić information content (AvgIpc) is 3.37. The van der Waals surface area contributed by atoms with Crippen LogP contribution in [0.2, 0.25) is 0 Å². The number of epoxide rings is 1. The number of ketones is 1. The van der Waals surface area contributed by atoms with E-state index in [2.05, 4.69) is 0 Å². The lowest BCUT2D eigenvalue weighted by atomic mass is 10.0. The molecule has 6 heteroatoms. The number of carbonyl (C=O) groups is 1. The van der Waals surface area contributed by atoms with Gasteiger partial charge < -0.3 is 9.47 Å². The van der Waals surface area contributed by atoms with Crippen molar-refractivity contribution < 1.29 is 19.2 Å². The van der Waals surface area contributed by atoms with E-state index in [0.717, 1.165) is 0 Å². The molecule has 1 atom stereocenters. The SMILES string of the molecule is O=C(c1ccccc1)c1ccc([N+](=O)[O-])c(OCC2CO2)c1. The molecule has 0 spiro atoms. The van der Waals surface area contributed by atoms with Crippen LogP contribution in [0.3, 0.4) is 0 Å². The first-order valence-corrected chi connectivity index (χ1v) is 6.78. The molecular weight excluding hydrogens is 286 g/mol. The maximum Gasteiger partial charge on any atom is 0.310 e. The molecule has 0 N–H and O–H groups in total. The molecule has 1 heterocycles. The molecule has 0 aromatic heterocycles. The van der Waals surface area contributed by atoms with Gasteiger partial charge in [0.15, 0.2) is 11.5 Å². The third-order valence-corrected chi connectivity index (χ3v) is 3.28. The Kier molecular flexibility index (Phi) is 3.84. The second kappa shape index (κ2) is 5.95. The summed E-state index contributed by atoms with van der Waals surface area (Å²) in [4.78, 5) is 22.9. The molecule has 1 aliphatic rings. The first-order chi connectivity index (χ1) is 10.6. The minimum atomic E-state index is -0.528. The fraction of sp³-hybridized carbons (Fsp3) is 0.188. The highest BCUT2D eigenvalue weighted by atomic mass is 16.6. The van der Waals surface area contributed by atoms with Gasteiger partial charge in [0.05, 0.1) is 11.5 Å². The Morgan fingerprint density at radius 1 is 1.23 bits per heavy atom. The topological polar surface area (TPSA) is 82.0 Å². The predicted octanol–water partition coefficient (Wildman–Crippen LogP) is 2.60. The third kappa shape index (κ3) is 3.12. The molecule has 1 saturated heterocycles. The maximum absolute atomic E-state index is 12.4. The van der Waals surface area contributed by atoms with E-state index >= 15 is 0 Å². The third-order valence-electron chi connectivity index (χ3n) is 3.28. The highest BCUT2D eigenvalue weighted by Gasteiger charge is 2.25. The molecule has 0 saturated carbocycles. The van der Waals surface area contributed by atoms with Gasteiger partial charge in [0, 0.05) is 17.2 Å². The molecule has 0 radical (unpaired) electrons. The van der Waals surface area contributed by atoms with Crippen molar-refractivity contribution in [1.82, 2.24) is 0 Å². The van der Waals surface area contributed by atoms with Gasteiger partial charge in [-0.15, -0.1) is 0 Å². The van der Waals surface area contributed by atoms with Gasteiger partial charge in [-0.1, -0.05) is 30.3 Å². The van der Waals surface area contributed by atoms with Gasteiger partial charge in [-0.25, -0.2) is 0 Å². The van der Waals surface area contributed by atoms with E-state index in [1.54, 1.807) is 24.3 Å². The minimum absolute atomic E-state index is 0.0203. The van der Waals surface area contributed by atoms with Crippen molar-refractivity contribution in [1.29, 1.82) is 0 Å². The van der Waals surface area contributed by atoms with Gasteiger partial charge in [0.2, 0.25) is 0 Å². The van der Waals surface area contributed by atoms with Crippen LogP contribution in [0, 0.1) is 10.1 Å². The molecule has 2 aromatic carbocycles. The quantitative estimate of drug-likeness (QED) is 0.354. The van der Waals surface area contributed by atoms with Gasteiger partial charge in [-0.3, -0.25) is 14.9 Å². The van der Waals surface area contributed by atoms with Crippen LogP contribution in [0.1, 0.15) is 15.9 Å². The summed E-state index contributed by atoms with van der Waals surface area (Å²) >= 11 is 0. The minimum Gasteiger partial charge on any atom is -0.484 e. The van der Waals surface area contributed by atoms with Gasteiger partial charge in [-0.2, -0.15) is 0 Å². The molecule has 1 fully saturated rings. The summed E-state index contributed by atoms with van der Waals surface area (Å²) in [6.07, 6.45) is -0.0203. The summed E-state index contributed by atoms with van der Waals surface area (Å²) in [5.41, 5.74) is 0.710. The number of nitro benzene ring substituents is 1. The van der Waals surface area contributed by atoms with Gasteiger partial charge >= 0.3 is 5.69 Å². The van der Waals surface area contributed by atoms with Crippen molar-refractivity contribution in [3.8, 4) is 5.75 Å². The van der Waals surface area contributed by atoms with E-state index in [-0.39, 0.29) is 29.9 Å². The van der Waals surface area contributed by atoms with Crippen molar-refractivity contribution in [3.05, 3.63) is 69.8 Å². The molecule has 2 aromatic rings. The van der Waals surface area contributed by atoms with E-state index in [9.17, 15) is 14.9 Å². The van der Waals surface area contributed by atoms with E-state index in [4.69, 9.17) is 9.47 Å². The Bertz CT molecular complexity index is 710. The Labute approximate surface area is 126 Å². The van der Waals surface area contributed by atoms with E-state index in [0.29, 0.717) is 17.7 Å². The Morgan fingerprint density at radius 3 is 2.59 bits per heavy atom. The standard InChI is InChI=1S/C16H13NO5/c18-16(11-4-2-1-3-5-11)12-6-7-14(17(19)20)15(8-12)22-10-13-9-21-13/h1-8,13H,9-10H2. The highest BCUT2D eigenvalue weighted by Crippen LogP contribution is 2.29. The largest absolute Gasteiger partial charge is 0.484 e. The number of benzene rings is 2. The number of nitro groups is 1. The van der Waals surface area contributed by atoms with Crippen LogP contribution in [-0.4, -0.2) is 30.0 Å². The van der Waals surface area contributed by atoms with Crippen LogP contribution in [0.5, 0.6) is 5.75 Å². The Morgan fingerprint density at radius 2 is 1.95 bits per heavy atom. The van der Waals surface area contributed by atoms with Gasteiger partial charge in [-0.05, 0) is 12.1 Å². The molecule has 0 amide bonds. The van der Waals surface area contributed by atoms with Crippen molar-refractivity contribution in [2.24, 2.45) is 0 Å². The fourth-order valence-corrected chi connectivity index (χ4v) is 2.02. The van der Waals surface area contributed by atoms with Crippen molar-refractivity contribution in [3.63, 3.8) is 0 Å². The van der Waals surface area contributed by atoms with Crippen molar-refractivity contribution in [2.75, 3.05) is 13.2 Å². The molecular formula is C16H13NO5. The summed E-state index contributed by atoms with van der Waals surface area (Å²) in [5.74, 6) is -0.120. The lowest BCUT2D eigenvalue weighted by Crippen LogP contribution is -2.08. The zero-order valence-electron chi connectivity index (χ0n) is 11.6. The molecule has 6 nitrogen and oxygen atoms in total. The predicted molar refractivity (Wildman–Crippen MR) is 78.2 cm³/mol. The van der Waals surface area contributed by atoms with Crippen molar-refractivity contribution >= 4 is 11.5 Å². The maximum atomic E-state index is 12.4. The lowest BCUT2D eigenvalue weighted by Gasteiger charge is -2.07. The second-order valence-corrected chi connectivity index (χ2v) is 4.90. The van der Waals surface area contributed by atoms with E-state index in [1.807, 2.05) is 6.07 Å². The zero-order valence-corrected chi connectivity index (χ0v) is 11.6. The first-order valence-electron chi connectivity index (χ1n) is 6.78. The van der Waals surface area contributed by atoms with Crippen molar-refractivity contribution in [2.45, 2.75) is 6.10 Å². The van der Waals surface area contributed by atoms with E-state index in [1.165, 1.54) is 18.2 Å². The Balaban J connectivity index is 1.89. The number of ether oxygens (including phenoxy) is 2. The average molecular weight is 299 g/mol. The number of rotatable bonds is 6. The first kappa shape index (κ1) is 14.2. The Hall–Kier alpha value is -2.73.